The van der Waals surface area contributed by atoms with E-state index >= 15 is 0 Å². The molecule has 3 nitrogen and oxygen atoms in total. The predicted octanol–water partition coefficient (Wildman–Crippen LogP) is 2.69. The molecular weight excluding hydrogens is 222 g/mol. The minimum absolute atomic E-state index is 0.0956. The Kier molecular flexibility index (Phi) is 3.25. The second kappa shape index (κ2) is 4.66. The molecule has 1 aromatic heterocycles. The Morgan fingerprint density at radius 3 is 2.69 bits per heavy atom. The smallest absolute Gasteiger partial charge is 0.147 e. The van der Waals surface area contributed by atoms with E-state index in [-0.39, 0.29) is 5.38 Å². The van der Waals surface area contributed by atoms with Crippen LogP contribution in [0.2, 0.25) is 0 Å². The zero-order valence-corrected chi connectivity index (χ0v) is 10.1. The molecule has 16 heavy (non-hydrogen) atoms. The van der Waals surface area contributed by atoms with Crippen molar-refractivity contribution in [3.8, 4) is 0 Å². The summed E-state index contributed by atoms with van der Waals surface area (Å²) >= 11 is 5.95. The minimum atomic E-state index is 0.0956. The lowest BCUT2D eigenvalue weighted by Crippen LogP contribution is -2.25. The maximum Gasteiger partial charge on any atom is 0.147 e. The highest BCUT2D eigenvalue weighted by Crippen LogP contribution is 2.14. The van der Waals surface area contributed by atoms with Crippen molar-refractivity contribution in [1.29, 1.82) is 0 Å². The maximum absolute atomic E-state index is 5.95. The highest BCUT2D eigenvalue weighted by atomic mass is 35.5. The Morgan fingerprint density at radius 1 is 1.31 bits per heavy atom. The quantitative estimate of drug-likeness (QED) is 0.766. The Bertz CT molecular complexity index is 484. The lowest BCUT2D eigenvalue weighted by Gasteiger charge is -2.19. The molecule has 0 amide bonds. The molecule has 0 saturated heterocycles. The van der Waals surface area contributed by atoms with Crippen LogP contribution in [0.3, 0.4) is 0 Å². The van der Waals surface area contributed by atoms with Crippen molar-refractivity contribution in [1.82, 2.24) is 9.97 Å². The van der Waals surface area contributed by atoms with Gasteiger partial charge in [-0.15, -0.1) is 11.6 Å². The number of para-hydroxylation sites is 2. The molecule has 84 valence electrons. The van der Waals surface area contributed by atoms with Crippen LogP contribution in [0.25, 0.3) is 11.0 Å². The number of hydrogen-bond donors (Lipinski definition) is 0. The van der Waals surface area contributed by atoms with Gasteiger partial charge in [0.1, 0.15) is 5.82 Å². The second-order valence-corrected chi connectivity index (χ2v) is 4.62. The number of nitrogens with zero attached hydrogens (tertiary/aromatic N) is 3. The Morgan fingerprint density at radius 2 is 2.00 bits per heavy atom. The van der Waals surface area contributed by atoms with E-state index in [1.165, 1.54) is 0 Å². The topological polar surface area (TPSA) is 29.0 Å². The molecule has 1 atom stereocenters. The summed E-state index contributed by atoms with van der Waals surface area (Å²) in [6.07, 6.45) is 1.78. The first-order chi connectivity index (χ1) is 7.66. The van der Waals surface area contributed by atoms with Crippen LogP contribution in [-0.2, 0) is 0 Å². The molecule has 0 bridgehead atoms. The van der Waals surface area contributed by atoms with Gasteiger partial charge in [-0.25, -0.2) is 4.98 Å². The molecule has 0 spiro atoms. The van der Waals surface area contributed by atoms with Gasteiger partial charge in [0.25, 0.3) is 0 Å². The molecule has 0 saturated carbocycles. The molecule has 2 aromatic rings. The number of benzene rings is 1. The van der Waals surface area contributed by atoms with Crippen molar-refractivity contribution in [2.24, 2.45) is 0 Å². The number of fused-ring (bicyclic) bond motifs is 1. The van der Waals surface area contributed by atoms with Gasteiger partial charge in [-0.05, 0) is 19.1 Å². The first-order valence-corrected chi connectivity index (χ1v) is 5.67. The van der Waals surface area contributed by atoms with Crippen molar-refractivity contribution in [2.45, 2.75) is 12.3 Å². The van der Waals surface area contributed by atoms with Crippen molar-refractivity contribution >= 4 is 28.5 Å². The third-order valence-electron chi connectivity index (χ3n) is 2.35. The van der Waals surface area contributed by atoms with Crippen molar-refractivity contribution in [3.63, 3.8) is 0 Å². The lowest BCUT2D eigenvalue weighted by molar-refractivity contribution is 0.844. The Balaban J connectivity index is 2.32. The van der Waals surface area contributed by atoms with Crippen molar-refractivity contribution in [2.75, 3.05) is 18.5 Å². The number of alkyl halides is 1. The highest BCUT2D eigenvalue weighted by Gasteiger charge is 2.07. The van der Waals surface area contributed by atoms with Crippen LogP contribution in [0, 0.1) is 0 Å². The fourth-order valence-electron chi connectivity index (χ4n) is 1.60. The molecule has 0 N–H and O–H groups in total. The minimum Gasteiger partial charge on any atom is -0.357 e. The summed E-state index contributed by atoms with van der Waals surface area (Å²) in [5, 5.41) is 0.0956. The third kappa shape index (κ3) is 2.42. The number of aromatic nitrogens is 2. The number of halogens is 1. The van der Waals surface area contributed by atoms with Crippen LogP contribution < -0.4 is 4.90 Å². The van der Waals surface area contributed by atoms with Gasteiger partial charge >= 0.3 is 0 Å². The van der Waals surface area contributed by atoms with Crippen LogP contribution in [0.15, 0.2) is 30.5 Å². The average molecular weight is 236 g/mol. The maximum atomic E-state index is 5.95. The molecule has 4 heteroatoms. The first kappa shape index (κ1) is 11.1. The Hall–Kier alpha value is -1.35. The van der Waals surface area contributed by atoms with E-state index in [4.69, 9.17) is 11.6 Å². The van der Waals surface area contributed by atoms with E-state index in [1.54, 1.807) is 6.20 Å². The van der Waals surface area contributed by atoms with E-state index in [0.717, 1.165) is 23.4 Å². The molecule has 0 aliphatic rings. The van der Waals surface area contributed by atoms with Crippen LogP contribution >= 0.6 is 11.6 Å². The molecule has 1 heterocycles. The van der Waals surface area contributed by atoms with Gasteiger partial charge in [-0.3, -0.25) is 4.98 Å². The van der Waals surface area contributed by atoms with E-state index in [2.05, 4.69) is 9.97 Å². The van der Waals surface area contributed by atoms with Gasteiger partial charge in [0.05, 0.1) is 17.2 Å². The van der Waals surface area contributed by atoms with Crippen LogP contribution in [-0.4, -0.2) is 28.9 Å². The fourth-order valence-corrected chi connectivity index (χ4v) is 1.81. The molecule has 1 unspecified atom stereocenters. The van der Waals surface area contributed by atoms with Crippen molar-refractivity contribution in [3.05, 3.63) is 30.5 Å². The van der Waals surface area contributed by atoms with Gasteiger partial charge < -0.3 is 4.90 Å². The monoisotopic (exact) mass is 235 g/mol. The molecule has 2 rings (SSSR count). The lowest BCUT2D eigenvalue weighted by atomic mass is 10.3. The zero-order valence-electron chi connectivity index (χ0n) is 9.39. The van der Waals surface area contributed by atoms with E-state index in [1.807, 2.05) is 43.1 Å². The summed E-state index contributed by atoms with van der Waals surface area (Å²) in [7, 11) is 1.97. The summed E-state index contributed by atoms with van der Waals surface area (Å²) < 4.78 is 0. The summed E-state index contributed by atoms with van der Waals surface area (Å²) in [5.74, 6) is 0.853. The largest absolute Gasteiger partial charge is 0.357 e. The van der Waals surface area contributed by atoms with Crippen molar-refractivity contribution < 1.29 is 0 Å². The molecule has 0 fully saturated rings. The predicted molar refractivity (Wildman–Crippen MR) is 68.1 cm³/mol. The van der Waals surface area contributed by atoms with Crippen LogP contribution in [0.1, 0.15) is 6.92 Å². The molecule has 1 aromatic carbocycles. The number of rotatable bonds is 3. The first-order valence-electron chi connectivity index (χ1n) is 5.24. The van der Waals surface area contributed by atoms with E-state index < -0.39 is 0 Å². The highest BCUT2D eigenvalue weighted by molar-refractivity contribution is 6.20. The molecular formula is C12H14ClN3. The summed E-state index contributed by atoms with van der Waals surface area (Å²) in [4.78, 5) is 10.9. The third-order valence-corrected chi connectivity index (χ3v) is 2.49. The second-order valence-electron chi connectivity index (χ2n) is 3.88. The average Bonchev–Trinajstić information content (AvgIpc) is 2.27. The fraction of sp³-hybridized carbons (Fsp3) is 0.333. The van der Waals surface area contributed by atoms with Crippen LogP contribution in [0.4, 0.5) is 5.82 Å². The van der Waals surface area contributed by atoms with E-state index in [9.17, 15) is 0 Å². The van der Waals surface area contributed by atoms with Crippen LogP contribution in [0.5, 0.6) is 0 Å². The van der Waals surface area contributed by atoms with Gasteiger partial charge in [0.15, 0.2) is 0 Å². The van der Waals surface area contributed by atoms with Gasteiger partial charge in [0.2, 0.25) is 0 Å². The van der Waals surface area contributed by atoms with E-state index in [0.29, 0.717) is 0 Å². The number of hydrogen-bond acceptors (Lipinski definition) is 3. The Labute approximate surface area is 100 Å². The van der Waals surface area contributed by atoms with Gasteiger partial charge in [0, 0.05) is 19.0 Å². The summed E-state index contributed by atoms with van der Waals surface area (Å²) in [6.45, 7) is 2.72. The molecule has 0 aliphatic carbocycles. The van der Waals surface area contributed by atoms with Gasteiger partial charge in [-0.2, -0.15) is 0 Å². The standard InChI is InChI=1S/C12H14ClN3/c1-9(13)8-16(2)12-7-14-10-5-3-4-6-11(10)15-12/h3-7,9H,8H2,1-2H3. The number of anilines is 1. The zero-order chi connectivity index (χ0) is 11.5. The SMILES string of the molecule is CC(Cl)CN(C)c1cnc2ccccc2n1. The normalized spacial score (nSPS) is 12.7. The molecule has 0 radical (unpaired) electrons. The van der Waals surface area contributed by atoms with Gasteiger partial charge in [-0.1, -0.05) is 12.1 Å². The molecule has 0 aliphatic heterocycles. The summed E-state index contributed by atoms with van der Waals surface area (Å²) in [5.41, 5.74) is 1.83. The summed E-state index contributed by atoms with van der Waals surface area (Å²) in [6, 6.07) is 7.84.